The molecule has 7 nitrogen and oxygen atoms in total. The number of aromatic amines is 1. The van der Waals surface area contributed by atoms with Crippen molar-refractivity contribution in [2.24, 2.45) is 0 Å². The van der Waals surface area contributed by atoms with E-state index in [9.17, 15) is 9.18 Å². The van der Waals surface area contributed by atoms with Gasteiger partial charge in [0.25, 0.3) is 0 Å². The molecule has 0 aliphatic heterocycles. The molecule has 1 aromatic carbocycles. The minimum Gasteiger partial charge on any atom is -0.497 e. The van der Waals surface area contributed by atoms with Gasteiger partial charge in [-0.15, -0.1) is 0 Å². The lowest BCUT2D eigenvalue weighted by Crippen LogP contribution is -2.26. The maximum Gasteiger partial charge on any atom is 0.334 e. The summed E-state index contributed by atoms with van der Waals surface area (Å²) in [6.45, 7) is 3.72. The van der Waals surface area contributed by atoms with Crippen molar-refractivity contribution in [2.45, 2.75) is 19.9 Å². The number of hydrogen-bond acceptors (Lipinski definition) is 4. The van der Waals surface area contributed by atoms with E-state index in [0.717, 1.165) is 16.8 Å². The predicted octanol–water partition coefficient (Wildman–Crippen LogP) is 3.49. The van der Waals surface area contributed by atoms with Crippen molar-refractivity contribution in [1.29, 1.82) is 0 Å². The Hall–Kier alpha value is -3.68. The SMILES string of the molecule is COc1cc(F)cc(C(C)n2ccn(-c3ccc(-c4cn[nH]c4)c(C)n3)c2=O)c1. The monoisotopic (exact) mass is 393 g/mol. The highest BCUT2D eigenvalue weighted by Gasteiger charge is 2.16. The number of ether oxygens (including phenoxy) is 1. The molecule has 148 valence electrons. The topological polar surface area (TPSA) is 77.7 Å². The summed E-state index contributed by atoms with van der Waals surface area (Å²) in [5.74, 6) is 0.514. The van der Waals surface area contributed by atoms with Gasteiger partial charge in [0.05, 0.1) is 19.3 Å². The lowest BCUT2D eigenvalue weighted by Gasteiger charge is -2.14. The van der Waals surface area contributed by atoms with E-state index in [-0.39, 0.29) is 11.7 Å². The van der Waals surface area contributed by atoms with E-state index in [1.165, 1.54) is 28.4 Å². The first-order chi connectivity index (χ1) is 14.0. The second kappa shape index (κ2) is 7.38. The molecule has 0 aliphatic rings. The summed E-state index contributed by atoms with van der Waals surface area (Å²) >= 11 is 0. The van der Waals surface area contributed by atoms with Crippen LogP contribution in [0.5, 0.6) is 5.75 Å². The Kier molecular flexibility index (Phi) is 4.75. The summed E-state index contributed by atoms with van der Waals surface area (Å²) in [5.41, 5.74) is 3.03. The molecule has 1 atom stereocenters. The van der Waals surface area contributed by atoms with Gasteiger partial charge in [0.2, 0.25) is 0 Å². The highest BCUT2D eigenvalue weighted by atomic mass is 19.1. The van der Waals surface area contributed by atoms with Crippen LogP contribution >= 0.6 is 0 Å². The lowest BCUT2D eigenvalue weighted by atomic mass is 10.1. The summed E-state index contributed by atoms with van der Waals surface area (Å²) < 4.78 is 22.0. The first kappa shape index (κ1) is 18.7. The van der Waals surface area contributed by atoms with Crippen molar-refractivity contribution >= 4 is 0 Å². The van der Waals surface area contributed by atoms with Crippen LogP contribution < -0.4 is 10.4 Å². The summed E-state index contributed by atoms with van der Waals surface area (Å²) in [4.78, 5) is 17.6. The Balaban J connectivity index is 1.70. The van der Waals surface area contributed by atoms with Gasteiger partial charge in [-0.2, -0.15) is 5.10 Å². The first-order valence-corrected chi connectivity index (χ1v) is 9.09. The van der Waals surface area contributed by atoms with Crippen LogP contribution in [0, 0.1) is 12.7 Å². The van der Waals surface area contributed by atoms with Gasteiger partial charge < -0.3 is 4.74 Å². The number of aromatic nitrogens is 5. The van der Waals surface area contributed by atoms with Crippen molar-refractivity contribution in [3.8, 4) is 22.7 Å². The number of imidazole rings is 1. The second-order valence-corrected chi connectivity index (χ2v) is 6.75. The number of nitrogens with zero attached hydrogens (tertiary/aromatic N) is 4. The molecule has 4 aromatic rings. The number of aryl methyl sites for hydroxylation is 1. The van der Waals surface area contributed by atoms with E-state index in [1.54, 1.807) is 36.9 Å². The van der Waals surface area contributed by atoms with Crippen molar-refractivity contribution < 1.29 is 9.13 Å². The lowest BCUT2D eigenvalue weighted by molar-refractivity contribution is 0.409. The van der Waals surface area contributed by atoms with E-state index in [1.807, 2.05) is 19.9 Å². The molecule has 0 saturated heterocycles. The van der Waals surface area contributed by atoms with Crippen molar-refractivity contribution in [1.82, 2.24) is 24.3 Å². The van der Waals surface area contributed by atoms with E-state index < -0.39 is 5.82 Å². The molecule has 3 aromatic heterocycles. The molecule has 0 saturated carbocycles. The van der Waals surface area contributed by atoms with Crippen LogP contribution in [0.3, 0.4) is 0 Å². The Morgan fingerprint density at radius 2 is 2.03 bits per heavy atom. The molecule has 3 heterocycles. The highest BCUT2D eigenvalue weighted by Crippen LogP contribution is 2.24. The standard InChI is InChI=1S/C21H20FN5O2/c1-13-19(16-11-23-24-12-16)4-5-20(25-13)27-7-6-26(21(27)28)14(2)15-8-17(22)10-18(9-15)29-3/h4-12,14H,1-3H3,(H,23,24). The van der Waals surface area contributed by atoms with Crippen LogP contribution in [0.2, 0.25) is 0 Å². The fourth-order valence-electron chi connectivity index (χ4n) is 3.35. The van der Waals surface area contributed by atoms with Gasteiger partial charge >= 0.3 is 5.69 Å². The van der Waals surface area contributed by atoms with E-state index >= 15 is 0 Å². The van der Waals surface area contributed by atoms with Gasteiger partial charge in [-0.3, -0.25) is 14.2 Å². The maximum absolute atomic E-state index is 13.9. The fourth-order valence-corrected chi connectivity index (χ4v) is 3.35. The van der Waals surface area contributed by atoms with E-state index in [0.29, 0.717) is 17.1 Å². The molecule has 4 rings (SSSR count). The van der Waals surface area contributed by atoms with Gasteiger partial charge in [-0.25, -0.2) is 14.2 Å². The zero-order chi connectivity index (χ0) is 20.5. The average Bonchev–Trinajstić information content (AvgIpc) is 3.36. The second-order valence-electron chi connectivity index (χ2n) is 6.75. The molecule has 0 fully saturated rings. The van der Waals surface area contributed by atoms with Gasteiger partial charge in [0.1, 0.15) is 17.4 Å². The van der Waals surface area contributed by atoms with Crippen molar-refractivity contribution in [2.75, 3.05) is 7.11 Å². The maximum atomic E-state index is 13.9. The van der Waals surface area contributed by atoms with Crippen LogP contribution in [0.4, 0.5) is 4.39 Å². The third kappa shape index (κ3) is 3.44. The fraction of sp³-hybridized carbons (Fsp3) is 0.190. The van der Waals surface area contributed by atoms with Gasteiger partial charge in [-0.1, -0.05) is 0 Å². The van der Waals surface area contributed by atoms with Gasteiger partial charge in [0, 0.05) is 41.5 Å². The molecule has 8 heteroatoms. The van der Waals surface area contributed by atoms with E-state index in [2.05, 4.69) is 15.2 Å². The van der Waals surface area contributed by atoms with Crippen LogP contribution in [0.15, 0.2) is 59.9 Å². The smallest absolute Gasteiger partial charge is 0.334 e. The average molecular weight is 393 g/mol. The number of hydrogen-bond donors (Lipinski definition) is 1. The third-order valence-electron chi connectivity index (χ3n) is 4.96. The Morgan fingerprint density at radius 1 is 1.21 bits per heavy atom. The first-order valence-electron chi connectivity index (χ1n) is 9.09. The molecular weight excluding hydrogens is 373 g/mol. The van der Waals surface area contributed by atoms with Crippen molar-refractivity contribution in [3.05, 3.63) is 82.7 Å². The predicted molar refractivity (Wildman–Crippen MR) is 107 cm³/mol. The van der Waals surface area contributed by atoms with Crippen LogP contribution in [-0.4, -0.2) is 31.4 Å². The number of methoxy groups -OCH3 is 1. The Morgan fingerprint density at radius 3 is 2.72 bits per heavy atom. The van der Waals surface area contributed by atoms with Crippen LogP contribution in [-0.2, 0) is 0 Å². The summed E-state index contributed by atoms with van der Waals surface area (Å²) in [7, 11) is 1.48. The Bertz CT molecular complexity index is 1210. The highest BCUT2D eigenvalue weighted by molar-refractivity contribution is 5.64. The number of pyridine rings is 1. The molecule has 0 amide bonds. The zero-order valence-corrected chi connectivity index (χ0v) is 16.3. The normalized spacial score (nSPS) is 12.1. The van der Waals surface area contributed by atoms with Crippen LogP contribution in [0.25, 0.3) is 16.9 Å². The summed E-state index contributed by atoms with van der Waals surface area (Å²) in [6.07, 6.45) is 6.85. The molecule has 0 spiro atoms. The van der Waals surface area contributed by atoms with Gasteiger partial charge in [0.15, 0.2) is 0 Å². The molecule has 0 bridgehead atoms. The molecule has 1 unspecified atom stereocenters. The zero-order valence-electron chi connectivity index (χ0n) is 16.3. The summed E-state index contributed by atoms with van der Waals surface area (Å²) in [5, 5.41) is 6.74. The Labute approximate surface area is 166 Å². The third-order valence-corrected chi connectivity index (χ3v) is 4.96. The summed E-state index contributed by atoms with van der Waals surface area (Å²) in [6, 6.07) is 7.75. The van der Waals surface area contributed by atoms with E-state index in [4.69, 9.17) is 4.74 Å². The molecule has 1 N–H and O–H groups in total. The van der Waals surface area contributed by atoms with Crippen molar-refractivity contribution in [3.63, 3.8) is 0 Å². The minimum atomic E-state index is -0.411. The number of nitrogens with one attached hydrogen (secondary N) is 1. The van der Waals surface area contributed by atoms with Crippen LogP contribution in [0.1, 0.15) is 24.2 Å². The number of rotatable bonds is 5. The largest absolute Gasteiger partial charge is 0.497 e. The molecular formula is C21H20FN5O2. The van der Waals surface area contributed by atoms with Gasteiger partial charge in [-0.05, 0) is 43.7 Å². The number of halogens is 1. The molecule has 0 radical (unpaired) electrons. The molecule has 0 aliphatic carbocycles. The number of benzene rings is 1. The quantitative estimate of drug-likeness (QED) is 0.563. The molecule has 29 heavy (non-hydrogen) atoms. The number of H-pyrrole nitrogens is 1. The minimum absolute atomic E-state index is 0.260.